The molecular formula is C15H17ClN6O3. The Labute approximate surface area is 148 Å². The van der Waals surface area contributed by atoms with E-state index in [-0.39, 0.29) is 49.1 Å². The van der Waals surface area contributed by atoms with Gasteiger partial charge < -0.3 is 15.8 Å². The zero-order valence-electron chi connectivity index (χ0n) is 13.4. The number of nitrogens with zero attached hydrogens (tertiary/aromatic N) is 4. The highest BCUT2D eigenvalue weighted by Gasteiger charge is 2.14. The number of aliphatic carboxylic acids is 1. The summed E-state index contributed by atoms with van der Waals surface area (Å²) in [5.74, 6) is -0.537. The molecule has 9 nitrogen and oxygen atoms in total. The third-order valence-electron chi connectivity index (χ3n) is 3.57. The highest BCUT2D eigenvalue weighted by Crippen LogP contribution is 2.16. The van der Waals surface area contributed by atoms with Crippen LogP contribution < -0.4 is 11.4 Å². The van der Waals surface area contributed by atoms with Crippen molar-refractivity contribution in [3.63, 3.8) is 0 Å². The fraction of sp³-hybridized carbons (Fsp3) is 0.267. The number of carboxylic acids is 1. The third kappa shape index (κ3) is 3.94. The second kappa shape index (κ2) is 7.31. The number of nitrogen functional groups attached to an aromatic ring is 1. The molecule has 0 aliphatic rings. The van der Waals surface area contributed by atoms with E-state index in [0.29, 0.717) is 11.2 Å². The number of carbonyl (C=O) groups is 1. The molecule has 0 saturated carbocycles. The van der Waals surface area contributed by atoms with Crippen molar-refractivity contribution in [2.45, 2.75) is 26.3 Å². The van der Waals surface area contributed by atoms with Gasteiger partial charge in [0, 0.05) is 18.3 Å². The van der Waals surface area contributed by atoms with Gasteiger partial charge in [-0.15, -0.1) is 12.4 Å². The molecule has 0 radical (unpaired) electrons. The lowest BCUT2D eigenvalue weighted by Gasteiger charge is -2.05. The predicted octanol–water partition coefficient (Wildman–Crippen LogP) is 0.893. The van der Waals surface area contributed by atoms with Crippen LogP contribution in [-0.4, -0.2) is 35.6 Å². The molecule has 25 heavy (non-hydrogen) atoms. The van der Waals surface area contributed by atoms with Crippen LogP contribution in [0.15, 0.2) is 23.1 Å². The topological polar surface area (TPSA) is 140 Å². The van der Waals surface area contributed by atoms with E-state index in [1.807, 2.05) is 19.1 Å². The minimum Gasteiger partial charge on any atom is -0.481 e. The number of aromatic nitrogens is 5. The van der Waals surface area contributed by atoms with Crippen LogP contribution in [-0.2, 0) is 17.8 Å². The third-order valence-corrected chi connectivity index (χ3v) is 3.57. The first-order chi connectivity index (χ1) is 11.4. The number of aryl methyl sites for hydroxylation is 2. The van der Waals surface area contributed by atoms with Crippen LogP contribution in [0.3, 0.4) is 0 Å². The SMILES string of the molecule is Cc1ccc(Cn2c(=O)[nH]c3c(N)nc(CCC(=O)O)nc32)cn1.Cl. The number of pyridine rings is 1. The summed E-state index contributed by atoms with van der Waals surface area (Å²) in [6, 6.07) is 3.74. The van der Waals surface area contributed by atoms with Gasteiger partial charge in [-0.25, -0.2) is 14.8 Å². The van der Waals surface area contributed by atoms with E-state index >= 15 is 0 Å². The fourth-order valence-corrected chi connectivity index (χ4v) is 2.35. The Bertz CT molecular complexity index is 964. The molecule has 10 heteroatoms. The van der Waals surface area contributed by atoms with Gasteiger partial charge in [-0.2, -0.15) is 0 Å². The Hall–Kier alpha value is -2.94. The van der Waals surface area contributed by atoms with Gasteiger partial charge in [0.25, 0.3) is 0 Å². The standard InChI is InChI=1S/C15H16N6O3.ClH/c1-8-2-3-9(6-17-8)7-21-14-12(20-15(21)24)13(16)18-10(19-14)4-5-11(22)23;/h2-3,6H,4-5,7H2,1H3,(H,20,24)(H,22,23)(H2,16,18,19);1H. The summed E-state index contributed by atoms with van der Waals surface area (Å²) in [5.41, 5.74) is 7.93. The molecule has 0 unspecified atom stereocenters. The first-order valence-corrected chi connectivity index (χ1v) is 7.32. The number of carboxylic acid groups (broad SMARTS) is 1. The zero-order chi connectivity index (χ0) is 17.3. The Balaban J connectivity index is 0.00000225. The van der Waals surface area contributed by atoms with E-state index in [4.69, 9.17) is 10.8 Å². The lowest BCUT2D eigenvalue weighted by atomic mass is 10.2. The highest BCUT2D eigenvalue weighted by molar-refractivity contribution is 5.85. The van der Waals surface area contributed by atoms with Crippen LogP contribution in [0.25, 0.3) is 11.2 Å². The number of H-pyrrole nitrogens is 1. The zero-order valence-corrected chi connectivity index (χ0v) is 14.2. The molecule has 0 fully saturated rings. The molecule has 0 bridgehead atoms. The summed E-state index contributed by atoms with van der Waals surface area (Å²) in [6.07, 6.45) is 1.72. The van der Waals surface area contributed by atoms with E-state index in [2.05, 4.69) is 19.9 Å². The molecule has 3 aromatic heterocycles. The largest absolute Gasteiger partial charge is 0.481 e. The number of hydrogen-bond acceptors (Lipinski definition) is 6. The first kappa shape index (κ1) is 18.4. The summed E-state index contributed by atoms with van der Waals surface area (Å²) in [7, 11) is 0. The Kier molecular flexibility index (Phi) is 5.38. The van der Waals surface area contributed by atoms with Crippen LogP contribution in [0.4, 0.5) is 5.82 Å². The Morgan fingerprint density at radius 2 is 2.12 bits per heavy atom. The molecule has 0 saturated heterocycles. The van der Waals surface area contributed by atoms with Crippen molar-refractivity contribution in [2.75, 3.05) is 5.73 Å². The summed E-state index contributed by atoms with van der Waals surface area (Å²) >= 11 is 0. The van der Waals surface area contributed by atoms with Crippen molar-refractivity contribution in [2.24, 2.45) is 0 Å². The van der Waals surface area contributed by atoms with Gasteiger partial charge in [0.05, 0.1) is 13.0 Å². The summed E-state index contributed by atoms with van der Waals surface area (Å²) in [6.45, 7) is 2.16. The number of halogens is 1. The normalized spacial score (nSPS) is 10.6. The van der Waals surface area contributed by atoms with Crippen LogP contribution in [0, 0.1) is 6.92 Å². The number of anilines is 1. The second-order valence-corrected chi connectivity index (χ2v) is 5.44. The van der Waals surface area contributed by atoms with Crippen LogP contribution in [0.5, 0.6) is 0 Å². The van der Waals surface area contributed by atoms with E-state index < -0.39 is 5.97 Å². The second-order valence-electron chi connectivity index (χ2n) is 5.44. The average Bonchev–Trinajstić information content (AvgIpc) is 2.84. The molecule has 0 spiro atoms. The predicted molar refractivity (Wildman–Crippen MR) is 93.8 cm³/mol. The van der Waals surface area contributed by atoms with Gasteiger partial charge in [0.1, 0.15) is 11.3 Å². The molecule has 0 atom stereocenters. The van der Waals surface area contributed by atoms with E-state index in [1.54, 1.807) is 6.20 Å². The van der Waals surface area contributed by atoms with E-state index in [9.17, 15) is 9.59 Å². The molecule has 4 N–H and O–H groups in total. The van der Waals surface area contributed by atoms with Gasteiger partial charge >= 0.3 is 11.7 Å². The Morgan fingerprint density at radius 1 is 1.36 bits per heavy atom. The number of nitrogens with one attached hydrogen (secondary N) is 1. The van der Waals surface area contributed by atoms with E-state index in [1.165, 1.54) is 4.57 Å². The number of aromatic amines is 1. The molecule has 3 heterocycles. The van der Waals surface area contributed by atoms with Gasteiger partial charge in [0.2, 0.25) is 0 Å². The van der Waals surface area contributed by atoms with Gasteiger partial charge in [0.15, 0.2) is 11.5 Å². The maximum atomic E-state index is 12.2. The van der Waals surface area contributed by atoms with Crippen LogP contribution in [0.2, 0.25) is 0 Å². The molecule has 0 amide bonds. The summed E-state index contributed by atoms with van der Waals surface area (Å²) < 4.78 is 1.43. The minimum atomic E-state index is -0.950. The molecule has 0 aliphatic carbocycles. The first-order valence-electron chi connectivity index (χ1n) is 7.32. The number of nitrogens with two attached hydrogens (primary N) is 1. The van der Waals surface area contributed by atoms with Crippen molar-refractivity contribution < 1.29 is 9.90 Å². The van der Waals surface area contributed by atoms with Crippen LogP contribution >= 0.6 is 12.4 Å². The number of rotatable bonds is 5. The molecular weight excluding hydrogens is 348 g/mol. The van der Waals surface area contributed by atoms with Crippen molar-refractivity contribution in [3.05, 3.63) is 45.9 Å². The lowest BCUT2D eigenvalue weighted by Crippen LogP contribution is -2.18. The fourth-order valence-electron chi connectivity index (χ4n) is 2.35. The van der Waals surface area contributed by atoms with Crippen molar-refractivity contribution in [1.29, 1.82) is 0 Å². The lowest BCUT2D eigenvalue weighted by molar-refractivity contribution is -0.137. The molecule has 3 rings (SSSR count). The summed E-state index contributed by atoms with van der Waals surface area (Å²) in [4.78, 5) is 38.1. The highest BCUT2D eigenvalue weighted by atomic mass is 35.5. The molecule has 132 valence electrons. The molecule has 3 aromatic rings. The maximum Gasteiger partial charge on any atom is 0.328 e. The number of hydrogen-bond donors (Lipinski definition) is 3. The maximum absolute atomic E-state index is 12.2. The van der Waals surface area contributed by atoms with Gasteiger partial charge in [-0.05, 0) is 18.6 Å². The van der Waals surface area contributed by atoms with Gasteiger partial charge in [-0.3, -0.25) is 14.3 Å². The van der Waals surface area contributed by atoms with Crippen molar-refractivity contribution in [3.8, 4) is 0 Å². The minimum absolute atomic E-state index is 0. The van der Waals surface area contributed by atoms with Crippen LogP contribution in [0.1, 0.15) is 23.5 Å². The van der Waals surface area contributed by atoms with Crippen molar-refractivity contribution in [1.82, 2.24) is 24.5 Å². The molecule has 0 aliphatic heterocycles. The summed E-state index contributed by atoms with van der Waals surface area (Å²) in [5, 5.41) is 8.78. The number of fused-ring (bicyclic) bond motifs is 1. The smallest absolute Gasteiger partial charge is 0.328 e. The number of imidazole rings is 1. The average molecular weight is 365 g/mol. The van der Waals surface area contributed by atoms with Crippen molar-refractivity contribution >= 4 is 35.4 Å². The monoisotopic (exact) mass is 364 g/mol. The van der Waals surface area contributed by atoms with Gasteiger partial charge in [-0.1, -0.05) is 6.07 Å². The molecule has 0 aromatic carbocycles. The van der Waals surface area contributed by atoms with E-state index in [0.717, 1.165) is 11.3 Å². The quantitative estimate of drug-likeness (QED) is 0.610. The Morgan fingerprint density at radius 3 is 2.76 bits per heavy atom.